The molecule has 0 radical (unpaired) electrons. The van der Waals surface area contributed by atoms with E-state index in [0.717, 1.165) is 32.5 Å². The topological polar surface area (TPSA) is 32.3 Å². The van der Waals surface area contributed by atoms with Gasteiger partial charge in [-0.25, -0.2) is 0 Å². The highest BCUT2D eigenvalue weighted by atomic mass is 16.2. The Bertz CT molecular complexity index is 500. The lowest BCUT2D eigenvalue weighted by Crippen LogP contribution is -2.44. The second-order valence-corrected chi connectivity index (χ2v) is 6.40. The summed E-state index contributed by atoms with van der Waals surface area (Å²) in [6.07, 6.45) is 2.19. The first-order valence-corrected chi connectivity index (χ1v) is 7.73. The van der Waals surface area contributed by atoms with Gasteiger partial charge in [-0.05, 0) is 36.8 Å². The second-order valence-electron chi connectivity index (χ2n) is 6.40. The summed E-state index contributed by atoms with van der Waals surface area (Å²) in [6, 6.07) is 9.09. The molecule has 1 amide bonds. The van der Waals surface area contributed by atoms with Crippen molar-refractivity contribution in [3.63, 3.8) is 0 Å². The van der Waals surface area contributed by atoms with E-state index in [0.29, 0.717) is 12.0 Å². The van der Waals surface area contributed by atoms with Crippen LogP contribution < -0.4 is 5.32 Å². The number of rotatable bonds is 4. The number of carbonyl (C=O) groups is 1. The largest absolute Gasteiger partial charge is 0.354 e. The molecule has 2 aliphatic rings. The van der Waals surface area contributed by atoms with E-state index < -0.39 is 0 Å². The van der Waals surface area contributed by atoms with E-state index in [2.05, 4.69) is 48.3 Å². The minimum absolute atomic E-state index is 0.252. The fraction of sp³-hybridized carbons (Fsp3) is 0.588. The van der Waals surface area contributed by atoms with Crippen LogP contribution in [-0.2, 0) is 17.8 Å². The van der Waals surface area contributed by atoms with Crippen LogP contribution in [0.4, 0.5) is 0 Å². The summed E-state index contributed by atoms with van der Waals surface area (Å²) in [5, 5.41) is 3.12. The van der Waals surface area contributed by atoms with E-state index in [1.54, 1.807) is 0 Å². The Labute approximate surface area is 121 Å². The van der Waals surface area contributed by atoms with E-state index >= 15 is 0 Å². The molecular formula is C17H24N2O. The monoisotopic (exact) mass is 272 g/mol. The molecule has 1 aliphatic carbocycles. The van der Waals surface area contributed by atoms with Gasteiger partial charge in [0.05, 0.1) is 0 Å². The van der Waals surface area contributed by atoms with E-state index in [-0.39, 0.29) is 11.8 Å². The van der Waals surface area contributed by atoms with Crippen molar-refractivity contribution in [3.05, 3.63) is 35.4 Å². The molecule has 1 N–H and O–H groups in total. The van der Waals surface area contributed by atoms with Crippen LogP contribution in [0.5, 0.6) is 0 Å². The molecule has 3 unspecified atom stereocenters. The summed E-state index contributed by atoms with van der Waals surface area (Å²) >= 11 is 0. The average molecular weight is 272 g/mol. The van der Waals surface area contributed by atoms with Crippen molar-refractivity contribution in [1.82, 2.24) is 10.2 Å². The Hall–Kier alpha value is -1.35. The summed E-state index contributed by atoms with van der Waals surface area (Å²) in [6.45, 7) is 7.23. The number of hydrogen-bond donors (Lipinski definition) is 1. The molecule has 3 rings (SSSR count). The molecule has 3 heteroatoms. The third-order valence-electron chi connectivity index (χ3n) is 4.80. The van der Waals surface area contributed by atoms with Crippen LogP contribution in [0.15, 0.2) is 24.3 Å². The smallest absolute Gasteiger partial charge is 0.223 e. The van der Waals surface area contributed by atoms with Crippen LogP contribution in [0, 0.1) is 11.8 Å². The Morgan fingerprint density at radius 1 is 1.40 bits per heavy atom. The van der Waals surface area contributed by atoms with Gasteiger partial charge >= 0.3 is 0 Å². The highest BCUT2D eigenvalue weighted by Gasteiger charge is 2.39. The van der Waals surface area contributed by atoms with Crippen LogP contribution in [0.1, 0.15) is 31.4 Å². The van der Waals surface area contributed by atoms with Gasteiger partial charge in [-0.15, -0.1) is 0 Å². The fourth-order valence-corrected chi connectivity index (χ4v) is 3.09. The Morgan fingerprint density at radius 3 is 2.80 bits per heavy atom. The van der Waals surface area contributed by atoms with E-state index in [1.807, 2.05) is 0 Å². The number of hydrogen-bond acceptors (Lipinski definition) is 2. The van der Waals surface area contributed by atoms with Gasteiger partial charge in [0.15, 0.2) is 0 Å². The third-order valence-corrected chi connectivity index (χ3v) is 4.80. The number of nitrogens with one attached hydrogen (secondary N) is 1. The minimum atomic E-state index is 0.252. The van der Waals surface area contributed by atoms with Crippen molar-refractivity contribution >= 4 is 5.91 Å². The molecule has 3 nitrogen and oxygen atoms in total. The molecule has 0 aromatic heterocycles. The third kappa shape index (κ3) is 2.88. The molecular weight excluding hydrogens is 248 g/mol. The van der Waals surface area contributed by atoms with Crippen molar-refractivity contribution in [2.24, 2.45) is 11.8 Å². The number of nitrogens with zero attached hydrogens (tertiary/aromatic N) is 1. The first kappa shape index (κ1) is 13.6. The molecule has 1 aromatic rings. The molecule has 1 aromatic carbocycles. The highest BCUT2D eigenvalue weighted by Crippen LogP contribution is 2.37. The summed E-state index contributed by atoms with van der Waals surface area (Å²) in [5.74, 6) is 1.12. The molecule has 3 atom stereocenters. The van der Waals surface area contributed by atoms with Crippen molar-refractivity contribution in [2.45, 2.75) is 39.3 Å². The molecule has 0 spiro atoms. The predicted molar refractivity (Wildman–Crippen MR) is 80.3 cm³/mol. The summed E-state index contributed by atoms with van der Waals surface area (Å²) < 4.78 is 0. The molecule has 1 saturated carbocycles. The predicted octanol–water partition coefficient (Wildman–Crippen LogP) is 2.21. The quantitative estimate of drug-likeness (QED) is 0.911. The summed E-state index contributed by atoms with van der Waals surface area (Å²) in [5.41, 5.74) is 2.92. The van der Waals surface area contributed by atoms with Crippen LogP contribution in [0.2, 0.25) is 0 Å². The van der Waals surface area contributed by atoms with Gasteiger partial charge in [0.1, 0.15) is 0 Å². The number of amides is 1. The zero-order valence-corrected chi connectivity index (χ0v) is 12.4. The normalized spacial score (nSPS) is 26.7. The maximum absolute atomic E-state index is 11.9. The number of carbonyl (C=O) groups excluding carboxylic acids is 1. The van der Waals surface area contributed by atoms with E-state index in [1.165, 1.54) is 11.1 Å². The lowest BCUT2D eigenvalue weighted by molar-refractivity contribution is -0.122. The van der Waals surface area contributed by atoms with Gasteiger partial charge in [-0.2, -0.15) is 0 Å². The zero-order chi connectivity index (χ0) is 14.1. The zero-order valence-electron chi connectivity index (χ0n) is 12.4. The van der Waals surface area contributed by atoms with Crippen molar-refractivity contribution in [2.75, 3.05) is 13.1 Å². The fourth-order valence-electron chi connectivity index (χ4n) is 3.09. The SMILES string of the molecule is CC1CC1C(=O)NCC(C)N1CCc2ccccc2C1. The van der Waals surface area contributed by atoms with E-state index in [4.69, 9.17) is 0 Å². The average Bonchev–Trinajstić information content (AvgIpc) is 3.21. The maximum atomic E-state index is 11.9. The summed E-state index contributed by atoms with van der Waals surface area (Å²) in [7, 11) is 0. The van der Waals surface area contributed by atoms with Gasteiger partial charge in [-0.3, -0.25) is 9.69 Å². The molecule has 0 saturated heterocycles. The van der Waals surface area contributed by atoms with E-state index in [9.17, 15) is 4.79 Å². The Morgan fingerprint density at radius 2 is 2.10 bits per heavy atom. The van der Waals surface area contributed by atoms with Gasteiger partial charge in [-0.1, -0.05) is 31.2 Å². The molecule has 1 aliphatic heterocycles. The Balaban J connectivity index is 1.51. The minimum Gasteiger partial charge on any atom is -0.354 e. The van der Waals surface area contributed by atoms with Crippen LogP contribution >= 0.6 is 0 Å². The van der Waals surface area contributed by atoms with Crippen LogP contribution in [-0.4, -0.2) is 29.9 Å². The first-order chi connectivity index (χ1) is 9.65. The van der Waals surface area contributed by atoms with Crippen LogP contribution in [0.25, 0.3) is 0 Å². The van der Waals surface area contributed by atoms with Gasteiger partial charge in [0, 0.05) is 31.6 Å². The molecule has 1 heterocycles. The van der Waals surface area contributed by atoms with Crippen molar-refractivity contribution in [1.29, 1.82) is 0 Å². The lowest BCUT2D eigenvalue weighted by Gasteiger charge is -2.33. The maximum Gasteiger partial charge on any atom is 0.223 e. The van der Waals surface area contributed by atoms with Crippen molar-refractivity contribution in [3.8, 4) is 0 Å². The lowest BCUT2D eigenvalue weighted by atomic mass is 9.99. The summed E-state index contributed by atoms with van der Waals surface area (Å²) in [4.78, 5) is 14.3. The van der Waals surface area contributed by atoms with Gasteiger partial charge < -0.3 is 5.32 Å². The molecule has 1 fully saturated rings. The first-order valence-electron chi connectivity index (χ1n) is 7.73. The van der Waals surface area contributed by atoms with Crippen LogP contribution in [0.3, 0.4) is 0 Å². The highest BCUT2D eigenvalue weighted by molar-refractivity contribution is 5.81. The molecule has 20 heavy (non-hydrogen) atoms. The Kier molecular flexibility index (Phi) is 3.79. The number of benzene rings is 1. The molecule has 108 valence electrons. The van der Waals surface area contributed by atoms with Gasteiger partial charge in [0.2, 0.25) is 5.91 Å². The van der Waals surface area contributed by atoms with Crippen molar-refractivity contribution < 1.29 is 4.79 Å². The standard InChI is InChI=1S/C17H24N2O/c1-12-9-16(12)17(20)18-10-13(2)19-8-7-14-5-3-4-6-15(14)11-19/h3-6,12-13,16H,7-11H2,1-2H3,(H,18,20). The molecule has 0 bridgehead atoms. The second kappa shape index (κ2) is 5.57. The number of fused-ring (bicyclic) bond motifs is 1. The van der Waals surface area contributed by atoms with Gasteiger partial charge in [0.25, 0.3) is 0 Å².